The number of hydrogen-bond donors (Lipinski definition) is 0. The number of aromatic nitrogens is 4. The van der Waals surface area contributed by atoms with Crippen LogP contribution >= 0.6 is 11.8 Å². The van der Waals surface area contributed by atoms with E-state index in [1.807, 2.05) is 41.3 Å². The molecule has 1 aromatic carbocycles. The zero-order valence-corrected chi connectivity index (χ0v) is 15.7. The van der Waals surface area contributed by atoms with Crippen LogP contribution in [0.1, 0.15) is 0 Å². The second-order valence-electron chi connectivity index (χ2n) is 5.95. The zero-order valence-electron chi connectivity index (χ0n) is 14.9. The van der Waals surface area contributed by atoms with E-state index in [4.69, 9.17) is 9.47 Å². The molecule has 0 radical (unpaired) electrons. The highest BCUT2D eigenvalue weighted by molar-refractivity contribution is 7.99. The van der Waals surface area contributed by atoms with Gasteiger partial charge >= 0.3 is 0 Å². The number of benzene rings is 1. The molecular weight excluding hydrogens is 366 g/mol. The van der Waals surface area contributed by atoms with Crippen LogP contribution in [-0.4, -0.2) is 69.8 Å². The van der Waals surface area contributed by atoms with E-state index in [1.165, 1.54) is 11.8 Å². The van der Waals surface area contributed by atoms with Gasteiger partial charge in [0.15, 0.2) is 5.65 Å². The summed E-state index contributed by atoms with van der Waals surface area (Å²) in [6.07, 6.45) is 0. The molecule has 27 heavy (non-hydrogen) atoms. The van der Waals surface area contributed by atoms with Crippen molar-refractivity contribution in [2.45, 2.75) is 5.16 Å². The largest absolute Gasteiger partial charge is 0.496 e. The lowest BCUT2D eigenvalue weighted by atomic mass is 10.1. The van der Waals surface area contributed by atoms with Crippen LogP contribution in [-0.2, 0) is 9.53 Å². The van der Waals surface area contributed by atoms with Crippen molar-refractivity contribution in [3.63, 3.8) is 0 Å². The fourth-order valence-electron chi connectivity index (χ4n) is 2.89. The monoisotopic (exact) mass is 385 g/mol. The lowest BCUT2D eigenvalue weighted by Gasteiger charge is -2.26. The third-order valence-electron chi connectivity index (χ3n) is 4.31. The van der Waals surface area contributed by atoms with E-state index in [-0.39, 0.29) is 5.91 Å². The Morgan fingerprint density at radius 2 is 2.00 bits per heavy atom. The normalized spacial score (nSPS) is 14.5. The summed E-state index contributed by atoms with van der Waals surface area (Å²) < 4.78 is 12.4. The molecule has 1 aliphatic heterocycles. The Morgan fingerprint density at radius 1 is 1.19 bits per heavy atom. The maximum absolute atomic E-state index is 12.4. The van der Waals surface area contributed by atoms with Crippen LogP contribution in [0.2, 0.25) is 0 Å². The molecule has 0 saturated carbocycles. The number of nitrogens with zero attached hydrogens (tertiary/aromatic N) is 5. The van der Waals surface area contributed by atoms with Gasteiger partial charge in [-0.05, 0) is 24.3 Å². The molecule has 4 rings (SSSR count). The molecule has 8 nitrogen and oxygen atoms in total. The number of carbonyl (C=O) groups excluding carboxylic acids is 1. The van der Waals surface area contributed by atoms with Gasteiger partial charge in [-0.15, -0.1) is 10.2 Å². The molecule has 0 bridgehead atoms. The van der Waals surface area contributed by atoms with Gasteiger partial charge in [-0.1, -0.05) is 23.9 Å². The molecule has 2 aromatic heterocycles. The lowest BCUT2D eigenvalue weighted by molar-refractivity contribution is -0.132. The second kappa shape index (κ2) is 7.93. The van der Waals surface area contributed by atoms with Crippen LogP contribution in [0, 0.1) is 0 Å². The van der Waals surface area contributed by atoms with Crippen molar-refractivity contribution in [1.82, 2.24) is 24.7 Å². The summed E-state index contributed by atoms with van der Waals surface area (Å²) in [5.41, 5.74) is 2.27. The topological polar surface area (TPSA) is 81.9 Å². The summed E-state index contributed by atoms with van der Waals surface area (Å²) in [4.78, 5) is 14.2. The lowest BCUT2D eigenvalue weighted by Crippen LogP contribution is -2.41. The van der Waals surface area contributed by atoms with Crippen molar-refractivity contribution < 1.29 is 14.3 Å². The quantitative estimate of drug-likeness (QED) is 0.619. The highest BCUT2D eigenvalue weighted by Crippen LogP contribution is 2.28. The number of carbonyl (C=O) groups is 1. The molecule has 1 saturated heterocycles. The molecule has 0 unspecified atom stereocenters. The van der Waals surface area contributed by atoms with Crippen LogP contribution in [0.15, 0.2) is 41.6 Å². The third-order valence-corrected chi connectivity index (χ3v) is 5.21. The van der Waals surface area contributed by atoms with Gasteiger partial charge < -0.3 is 14.4 Å². The minimum atomic E-state index is 0.0703. The number of fused-ring (bicyclic) bond motifs is 1. The predicted molar refractivity (Wildman–Crippen MR) is 101 cm³/mol. The second-order valence-corrected chi connectivity index (χ2v) is 6.90. The molecule has 3 heterocycles. The van der Waals surface area contributed by atoms with E-state index >= 15 is 0 Å². The molecule has 1 fully saturated rings. The van der Waals surface area contributed by atoms with Crippen LogP contribution < -0.4 is 4.74 Å². The van der Waals surface area contributed by atoms with E-state index in [1.54, 1.807) is 11.6 Å². The SMILES string of the molecule is COc1ccccc1-c1ccc2nnc(SCC(=O)N3CCOCC3)n2n1. The van der Waals surface area contributed by atoms with Gasteiger partial charge in [0.25, 0.3) is 0 Å². The average Bonchev–Trinajstić information content (AvgIpc) is 3.14. The number of thioether (sulfide) groups is 1. The van der Waals surface area contributed by atoms with Crippen molar-refractivity contribution in [2.24, 2.45) is 0 Å². The highest BCUT2D eigenvalue weighted by Gasteiger charge is 2.18. The van der Waals surface area contributed by atoms with Crippen molar-refractivity contribution in [2.75, 3.05) is 39.2 Å². The van der Waals surface area contributed by atoms with Crippen molar-refractivity contribution in [3.05, 3.63) is 36.4 Å². The predicted octanol–water partition coefficient (Wildman–Crippen LogP) is 1.75. The fourth-order valence-corrected chi connectivity index (χ4v) is 3.68. The summed E-state index contributed by atoms with van der Waals surface area (Å²) in [6, 6.07) is 11.4. The first-order chi connectivity index (χ1) is 13.3. The molecular formula is C18H19N5O3S. The molecule has 0 atom stereocenters. The summed E-state index contributed by atoms with van der Waals surface area (Å²) in [5, 5.41) is 13.6. The van der Waals surface area contributed by atoms with Crippen LogP contribution in [0.5, 0.6) is 5.75 Å². The summed E-state index contributed by atoms with van der Waals surface area (Å²) in [5.74, 6) is 1.11. The zero-order chi connectivity index (χ0) is 18.6. The van der Waals surface area contributed by atoms with Crippen molar-refractivity contribution in [3.8, 4) is 17.0 Å². The number of amides is 1. The van der Waals surface area contributed by atoms with Gasteiger partial charge in [-0.25, -0.2) is 0 Å². The van der Waals surface area contributed by atoms with E-state index < -0.39 is 0 Å². The Balaban J connectivity index is 1.56. The van der Waals surface area contributed by atoms with Crippen LogP contribution in [0.3, 0.4) is 0 Å². The van der Waals surface area contributed by atoms with Gasteiger partial charge in [-0.3, -0.25) is 4.79 Å². The summed E-state index contributed by atoms with van der Waals surface area (Å²) >= 11 is 1.34. The number of rotatable bonds is 5. The van der Waals surface area contributed by atoms with Crippen LogP contribution in [0.4, 0.5) is 0 Å². The van der Waals surface area contributed by atoms with Crippen LogP contribution in [0.25, 0.3) is 16.9 Å². The van der Waals surface area contributed by atoms with E-state index in [0.717, 1.165) is 17.0 Å². The minimum Gasteiger partial charge on any atom is -0.496 e. The molecule has 0 spiro atoms. The summed E-state index contributed by atoms with van der Waals surface area (Å²) in [6.45, 7) is 2.45. The number of ether oxygens (including phenoxy) is 2. The number of methoxy groups -OCH3 is 1. The number of morpholine rings is 1. The van der Waals surface area contributed by atoms with E-state index in [9.17, 15) is 4.79 Å². The molecule has 0 aliphatic carbocycles. The van der Waals surface area contributed by atoms with Gasteiger partial charge in [0.05, 0.1) is 31.8 Å². The first kappa shape index (κ1) is 17.7. The molecule has 1 amide bonds. The van der Waals surface area contributed by atoms with Gasteiger partial charge in [-0.2, -0.15) is 9.61 Å². The standard InChI is InChI=1S/C18H19N5O3S/c1-25-15-5-3-2-4-13(15)14-6-7-16-19-20-18(23(16)21-14)27-12-17(24)22-8-10-26-11-9-22/h2-7H,8-12H2,1H3. The smallest absolute Gasteiger partial charge is 0.233 e. The first-order valence-corrected chi connectivity index (χ1v) is 9.59. The number of hydrogen-bond acceptors (Lipinski definition) is 7. The molecule has 1 aliphatic rings. The Bertz CT molecular complexity index is 955. The number of para-hydroxylation sites is 1. The average molecular weight is 385 g/mol. The molecule has 0 N–H and O–H groups in total. The maximum atomic E-state index is 12.4. The van der Waals surface area contributed by atoms with Gasteiger partial charge in [0, 0.05) is 18.7 Å². The van der Waals surface area contributed by atoms with Crippen molar-refractivity contribution in [1.29, 1.82) is 0 Å². The first-order valence-electron chi connectivity index (χ1n) is 8.60. The maximum Gasteiger partial charge on any atom is 0.233 e. The van der Waals surface area contributed by atoms with Gasteiger partial charge in [0.2, 0.25) is 11.1 Å². The summed E-state index contributed by atoms with van der Waals surface area (Å²) in [7, 11) is 1.63. The Labute approximate surface area is 160 Å². The Morgan fingerprint density at radius 3 is 2.81 bits per heavy atom. The molecule has 3 aromatic rings. The fraction of sp³-hybridized carbons (Fsp3) is 0.333. The Hall–Kier alpha value is -2.65. The van der Waals surface area contributed by atoms with E-state index in [0.29, 0.717) is 42.9 Å². The van der Waals surface area contributed by atoms with Crippen molar-refractivity contribution >= 4 is 23.3 Å². The van der Waals surface area contributed by atoms with Gasteiger partial charge in [0.1, 0.15) is 5.75 Å². The Kier molecular flexibility index (Phi) is 5.21. The third kappa shape index (κ3) is 3.74. The molecule has 140 valence electrons. The minimum absolute atomic E-state index is 0.0703. The van der Waals surface area contributed by atoms with E-state index in [2.05, 4.69) is 15.3 Å². The highest BCUT2D eigenvalue weighted by atomic mass is 32.2. The molecule has 9 heteroatoms.